The summed E-state index contributed by atoms with van der Waals surface area (Å²) in [4.78, 5) is 38.6. The molecule has 1 aromatic heterocycles. The predicted molar refractivity (Wildman–Crippen MR) is 135 cm³/mol. The molecule has 9 heteroatoms. The number of aryl methyl sites for hydroxylation is 2. The average Bonchev–Trinajstić information content (AvgIpc) is 3.15. The summed E-state index contributed by atoms with van der Waals surface area (Å²) in [6, 6.07) is 18.8. The molecule has 4 rings (SSSR count). The van der Waals surface area contributed by atoms with Crippen LogP contribution in [0.1, 0.15) is 21.6 Å². The van der Waals surface area contributed by atoms with Gasteiger partial charge in [0.05, 0.1) is 16.2 Å². The molecule has 0 aliphatic heterocycles. The van der Waals surface area contributed by atoms with Gasteiger partial charge in [0.25, 0.3) is 5.91 Å². The van der Waals surface area contributed by atoms with Gasteiger partial charge in [0.1, 0.15) is 5.69 Å². The monoisotopic (exact) mass is 494 g/mol. The van der Waals surface area contributed by atoms with Crippen molar-refractivity contribution in [1.82, 2.24) is 4.68 Å². The smallest absolute Gasteiger partial charge is 0.319 e. The number of rotatable bonds is 4. The Hall–Kier alpha value is -3.81. The summed E-state index contributed by atoms with van der Waals surface area (Å²) in [7, 11) is 0. The summed E-state index contributed by atoms with van der Waals surface area (Å²) in [6.45, 7) is 3.67. The molecule has 0 saturated heterocycles. The topological polar surface area (TPSA) is 92.2 Å². The van der Waals surface area contributed by atoms with Crippen molar-refractivity contribution in [3.63, 3.8) is 0 Å². The Kier molecular flexibility index (Phi) is 6.58. The molecular formula is C25H20Cl2N4O3. The number of aromatic nitrogens is 1. The molecule has 7 nitrogen and oxygen atoms in total. The molecule has 0 saturated carbocycles. The standard InChI is InChI=1S/C25H20Cl2N4O3/c1-14-6-5-7-15(2)22(14)29-24(33)25(34)30-31-20-11-10-17(26)12-16(20)13-21(31)23(32)28-19-9-4-3-8-18(19)27/h3-13H,1-2H3,(H,28,32)(H,29,33)(H,30,34). The Bertz CT molecular complexity index is 1430. The van der Waals surface area contributed by atoms with Crippen LogP contribution in [0, 0.1) is 13.8 Å². The van der Waals surface area contributed by atoms with Gasteiger partial charge in [-0.05, 0) is 61.4 Å². The maximum atomic E-state index is 13.1. The van der Waals surface area contributed by atoms with Crippen molar-refractivity contribution < 1.29 is 14.4 Å². The minimum atomic E-state index is -0.943. The van der Waals surface area contributed by atoms with Crippen LogP contribution in [0.5, 0.6) is 0 Å². The van der Waals surface area contributed by atoms with Crippen molar-refractivity contribution in [3.05, 3.63) is 93.6 Å². The van der Waals surface area contributed by atoms with E-state index in [1.54, 1.807) is 48.5 Å². The Morgan fingerprint density at radius 3 is 2.21 bits per heavy atom. The van der Waals surface area contributed by atoms with Crippen molar-refractivity contribution in [3.8, 4) is 0 Å². The molecule has 0 unspecified atom stereocenters. The zero-order chi connectivity index (χ0) is 24.4. The van der Waals surface area contributed by atoms with E-state index in [-0.39, 0.29) is 5.69 Å². The highest BCUT2D eigenvalue weighted by molar-refractivity contribution is 6.42. The summed E-state index contributed by atoms with van der Waals surface area (Å²) in [5, 5.41) is 6.79. The fourth-order valence-electron chi connectivity index (χ4n) is 3.56. The van der Waals surface area contributed by atoms with Gasteiger partial charge in [-0.2, -0.15) is 0 Å². The lowest BCUT2D eigenvalue weighted by Crippen LogP contribution is -2.36. The third-order valence-electron chi connectivity index (χ3n) is 5.26. The summed E-state index contributed by atoms with van der Waals surface area (Å²) in [5.41, 5.74) is 5.71. The van der Waals surface area contributed by atoms with Crippen LogP contribution in [0.2, 0.25) is 10.0 Å². The molecule has 3 aromatic carbocycles. The molecule has 0 aliphatic rings. The molecule has 0 fully saturated rings. The number of nitrogens with zero attached hydrogens (tertiary/aromatic N) is 1. The molecule has 0 radical (unpaired) electrons. The second kappa shape index (κ2) is 9.59. The molecular weight excluding hydrogens is 475 g/mol. The quantitative estimate of drug-likeness (QED) is 0.326. The highest BCUT2D eigenvalue weighted by atomic mass is 35.5. The van der Waals surface area contributed by atoms with Crippen molar-refractivity contribution in [2.24, 2.45) is 0 Å². The van der Waals surface area contributed by atoms with E-state index in [2.05, 4.69) is 16.1 Å². The molecule has 0 aliphatic carbocycles. The maximum absolute atomic E-state index is 13.1. The first-order valence-electron chi connectivity index (χ1n) is 10.3. The second-order valence-electron chi connectivity index (χ2n) is 7.66. The largest absolute Gasteiger partial charge is 0.328 e. The zero-order valence-electron chi connectivity index (χ0n) is 18.3. The number of anilines is 2. The third-order valence-corrected chi connectivity index (χ3v) is 5.82. The number of halogens is 2. The predicted octanol–water partition coefficient (Wildman–Crippen LogP) is 5.53. The van der Waals surface area contributed by atoms with Crippen molar-refractivity contribution >= 4 is 63.2 Å². The van der Waals surface area contributed by atoms with E-state index in [0.29, 0.717) is 32.3 Å². The fourth-order valence-corrected chi connectivity index (χ4v) is 3.92. The van der Waals surface area contributed by atoms with Crippen LogP contribution in [0.3, 0.4) is 0 Å². The molecule has 172 valence electrons. The normalized spacial score (nSPS) is 10.7. The molecule has 3 amide bonds. The number of carbonyl (C=O) groups excluding carboxylic acids is 3. The molecule has 4 aromatic rings. The van der Waals surface area contributed by atoms with Gasteiger partial charge in [0.15, 0.2) is 0 Å². The van der Waals surface area contributed by atoms with E-state index in [0.717, 1.165) is 11.1 Å². The Labute approximate surface area is 205 Å². The van der Waals surface area contributed by atoms with Crippen molar-refractivity contribution in [1.29, 1.82) is 0 Å². The zero-order valence-corrected chi connectivity index (χ0v) is 19.8. The minimum absolute atomic E-state index is 0.0883. The van der Waals surface area contributed by atoms with Gasteiger partial charge in [-0.25, -0.2) is 4.68 Å². The van der Waals surface area contributed by atoms with Crippen LogP contribution in [0.15, 0.2) is 66.7 Å². The van der Waals surface area contributed by atoms with Gasteiger partial charge in [-0.1, -0.05) is 53.5 Å². The first-order chi connectivity index (χ1) is 16.2. The molecule has 0 spiro atoms. The minimum Gasteiger partial charge on any atom is -0.319 e. The van der Waals surface area contributed by atoms with Gasteiger partial charge in [-0.15, -0.1) is 0 Å². The number of nitrogens with one attached hydrogen (secondary N) is 3. The van der Waals surface area contributed by atoms with Crippen LogP contribution in [-0.4, -0.2) is 22.4 Å². The van der Waals surface area contributed by atoms with Gasteiger partial charge in [0.2, 0.25) is 0 Å². The van der Waals surface area contributed by atoms with Crippen LogP contribution < -0.4 is 16.1 Å². The molecule has 3 N–H and O–H groups in total. The SMILES string of the molecule is Cc1cccc(C)c1NC(=O)C(=O)Nn1c(C(=O)Nc2ccccc2Cl)cc2cc(Cl)ccc21. The van der Waals surface area contributed by atoms with Gasteiger partial charge < -0.3 is 10.6 Å². The van der Waals surface area contributed by atoms with Crippen molar-refractivity contribution in [2.75, 3.05) is 16.1 Å². The maximum Gasteiger partial charge on any atom is 0.328 e. The number of carbonyl (C=O) groups is 3. The van der Waals surface area contributed by atoms with E-state index in [1.807, 2.05) is 32.0 Å². The van der Waals surface area contributed by atoms with Crippen LogP contribution in [0.4, 0.5) is 11.4 Å². The summed E-state index contributed by atoms with van der Waals surface area (Å²) >= 11 is 12.3. The number of amides is 3. The van der Waals surface area contributed by atoms with E-state index in [1.165, 1.54) is 4.68 Å². The van der Waals surface area contributed by atoms with Crippen LogP contribution in [-0.2, 0) is 9.59 Å². The molecule has 0 bridgehead atoms. The van der Waals surface area contributed by atoms with E-state index in [4.69, 9.17) is 23.2 Å². The molecule has 0 atom stereocenters. The fraction of sp³-hybridized carbons (Fsp3) is 0.0800. The van der Waals surface area contributed by atoms with Gasteiger partial charge in [0, 0.05) is 16.1 Å². The first kappa shape index (κ1) is 23.4. The average molecular weight is 495 g/mol. The second-order valence-corrected chi connectivity index (χ2v) is 8.51. The lowest BCUT2D eigenvalue weighted by atomic mass is 10.1. The Balaban J connectivity index is 1.65. The lowest BCUT2D eigenvalue weighted by molar-refractivity contribution is -0.133. The van der Waals surface area contributed by atoms with E-state index >= 15 is 0 Å². The Morgan fingerprint density at radius 1 is 0.794 bits per heavy atom. The summed E-state index contributed by atoms with van der Waals surface area (Å²) < 4.78 is 1.25. The van der Waals surface area contributed by atoms with Crippen LogP contribution >= 0.6 is 23.2 Å². The molecule has 34 heavy (non-hydrogen) atoms. The summed E-state index contributed by atoms with van der Waals surface area (Å²) in [6.07, 6.45) is 0. The first-order valence-corrected chi connectivity index (χ1v) is 11.1. The third kappa shape index (κ3) is 4.76. The number of hydrogen-bond donors (Lipinski definition) is 3. The van der Waals surface area contributed by atoms with E-state index in [9.17, 15) is 14.4 Å². The number of benzene rings is 3. The van der Waals surface area contributed by atoms with E-state index < -0.39 is 17.7 Å². The highest BCUT2D eigenvalue weighted by Gasteiger charge is 2.22. The van der Waals surface area contributed by atoms with Crippen molar-refractivity contribution in [2.45, 2.75) is 13.8 Å². The number of fused-ring (bicyclic) bond motifs is 1. The molecule has 1 heterocycles. The number of para-hydroxylation sites is 2. The number of hydrogen-bond acceptors (Lipinski definition) is 3. The summed E-state index contributed by atoms with van der Waals surface area (Å²) in [5.74, 6) is -2.34. The lowest BCUT2D eigenvalue weighted by Gasteiger charge is -2.14. The van der Waals surface area contributed by atoms with Gasteiger partial charge >= 0.3 is 11.8 Å². The highest BCUT2D eigenvalue weighted by Crippen LogP contribution is 2.26. The van der Waals surface area contributed by atoms with Crippen LogP contribution in [0.25, 0.3) is 10.9 Å². The van der Waals surface area contributed by atoms with Gasteiger partial charge in [-0.3, -0.25) is 19.8 Å². The Morgan fingerprint density at radius 2 is 1.50 bits per heavy atom.